The fourth-order valence-electron chi connectivity index (χ4n) is 5.77. The minimum Gasteiger partial charge on any atom is -0.496 e. The lowest BCUT2D eigenvalue weighted by atomic mass is 9.76. The van der Waals surface area contributed by atoms with Gasteiger partial charge in [-0.3, -0.25) is 9.69 Å². The summed E-state index contributed by atoms with van der Waals surface area (Å²) in [6.45, 7) is 2.56. The molecule has 0 bridgehead atoms. The highest BCUT2D eigenvalue weighted by atomic mass is 19.1. The third kappa shape index (κ3) is 5.03. The van der Waals surface area contributed by atoms with Crippen molar-refractivity contribution in [1.29, 1.82) is 0 Å². The van der Waals surface area contributed by atoms with Gasteiger partial charge >= 0.3 is 0 Å². The Kier molecular flexibility index (Phi) is 7.10. The van der Waals surface area contributed by atoms with Crippen molar-refractivity contribution in [1.82, 2.24) is 19.8 Å². The van der Waals surface area contributed by atoms with Crippen molar-refractivity contribution in [3.63, 3.8) is 0 Å². The zero-order chi connectivity index (χ0) is 25.2. The maximum atomic E-state index is 14.1. The van der Waals surface area contributed by atoms with Gasteiger partial charge in [0.05, 0.1) is 13.7 Å². The number of hydrogen-bond donors (Lipinski definition) is 1. The molecule has 190 valence electrons. The van der Waals surface area contributed by atoms with Crippen LogP contribution in [0.5, 0.6) is 5.75 Å². The molecule has 0 spiro atoms. The predicted molar refractivity (Wildman–Crippen MR) is 141 cm³/mol. The van der Waals surface area contributed by atoms with Crippen molar-refractivity contribution in [3.8, 4) is 16.9 Å². The highest BCUT2D eigenvalue weighted by Gasteiger charge is 2.29. The molecule has 36 heavy (non-hydrogen) atoms. The van der Waals surface area contributed by atoms with Crippen molar-refractivity contribution >= 4 is 22.5 Å². The van der Waals surface area contributed by atoms with Gasteiger partial charge in [-0.25, -0.2) is 9.37 Å². The molecule has 1 aliphatic carbocycles. The summed E-state index contributed by atoms with van der Waals surface area (Å²) in [6.07, 6.45) is 9.79. The fraction of sp³-hybridized carbons (Fsp3) is 0.448. The Morgan fingerprint density at radius 1 is 1.14 bits per heavy atom. The van der Waals surface area contributed by atoms with Gasteiger partial charge in [-0.2, -0.15) is 0 Å². The lowest BCUT2D eigenvalue weighted by molar-refractivity contribution is -0.130. The van der Waals surface area contributed by atoms with Crippen LogP contribution in [0.2, 0.25) is 0 Å². The number of rotatable bonds is 6. The van der Waals surface area contributed by atoms with Crippen molar-refractivity contribution in [2.24, 2.45) is 11.8 Å². The van der Waals surface area contributed by atoms with Crippen LogP contribution in [0, 0.1) is 17.7 Å². The van der Waals surface area contributed by atoms with E-state index in [2.05, 4.69) is 27.0 Å². The first-order valence-corrected chi connectivity index (χ1v) is 12.9. The van der Waals surface area contributed by atoms with Crippen LogP contribution < -0.4 is 4.74 Å². The third-order valence-electron chi connectivity index (χ3n) is 7.94. The molecule has 1 unspecified atom stereocenters. The van der Waals surface area contributed by atoms with E-state index < -0.39 is 0 Å². The molecule has 1 aromatic carbocycles. The Balaban J connectivity index is 1.29. The predicted octanol–water partition coefficient (Wildman–Crippen LogP) is 5.36. The van der Waals surface area contributed by atoms with Crippen LogP contribution >= 0.6 is 0 Å². The van der Waals surface area contributed by atoms with Gasteiger partial charge in [0.15, 0.2) is 0 Å². The maximum absolute atomic E-state index is 14.1. The van der Waals surface area contributed by atoms with E-state index in [-0.39, 0.29) is 11.7 Å². The number of H-pyrrole nitrogens is 1. The van der Waals surface area contributed by atoms with E-state index in [1.54, 1.807) is 24.3 Å². The van der Waals surface area contributed by atoms with E-state index in [0.717, 1.165) is 59.7 Å². The van der Waals surface area contributed by atoms with Gasteiger partial charge in [-0.15, -0.1) is 0 Å². The van der Waals surface area contributed by atoms with Crippen LogP contribution in [-0.4, -0.2) is 66.5 Å². The summed E-state index contributed by atoms with van der Waals surface area (Å²) in [7, 11) is 5.25. The van der Waals surface area contributed by atoms with Crippen LogP contribution in [0.4, 0.5) is 4.39 Å². The van der Waals surface area contributed by atoms with Crippen molar-refractivity contribution < 1.29 is 13.9 Å². The van der Waals surface area contributed by atoms with E-state index in [1.807, 2.05) is 20.2 Å². The number of fused-ring (bicyclic) bond motifs is 1. The summed E-state index contributed by atoms with van der Waals surface area (Å²) in [5.74, 6) is 1.97. The molecule has 5 rings (SSSR count). The molecule has 1 fully saturated rings. The van der Waals surface area contributed by atoms with Gasteiger partial charge < -0.3 is 14.6 Å². The molecule has 7 heteroatoms. The third-order valence-corrected chi connectivity index (χ3v) is 7.94. The lowest BCUT2D eigenvalue weighted by Gasteiger charge is -2.37. The van der Waals surface area contributed by atoms with E-state index in [0.29, 0.717) is 18.2 Å². The maximum Gasteiger partial charge on any atom is 0.236 e. The van der Waals surface area contributed by atoms with Gasteiger partial charge in [-0.05, 0) is 98.5 Å². The number of benzene rings is 1. The normalized spacial score (nSPS) is 19.3. The number of halogens is 1. The van der Waals surface area contributed by atoms with Crippen molar-refractivity contribution in [3.05, 3.63) is 54.1 Å². The van der Waals surface area contributed by atoms with Gasteiger partial charge in [0.1, 0.15) is 17.2 Å². The number of aromatic nitrogens is 2. The second-order valence-corrected chi connectivity index (χ2v) is 10.3. The molecule has 1 amide bonds. The Morgan fingerprint density at radius 2 is 1.94 bits per heavy atom. The number of nitrogens with one attached hydrogen (secondary N) is 1. The molecule has 6 nitrogen and oxygen atoms in total. The largest absolute Gasteiger partial charge is 0.496 e. The molecule has 0 radical (unpaired) electrons. The second-order valence-electron chi connectivity index (χ2n) is 10.3. The summed E-state index contributed by atoms with van der Waals surface area (Å²) in [5.41, 5.74) is 4.86. The monoisotopic (exact) mass is 490 g/mol. The van der Waals surface area contributed by atoms with E-state index >= 15 is 0 Å². The zero-order valence-electron chi connectivity index (χ0n) is 21.4. The second kappa shape index (κ2) is 10.4. The smallest absolute Gasteiger partial charge is 0.236 e. The summed E-state index contributed by atoms with van der Waals surface area (Å²) in [4.78, 5) is 24.0. The number of piperidine rings is 1. The summed E-state index contributed by atoms with van der Waals surface area (Å²) >= 11 is 0. The Morgan fingerprint density at radius 3 is 2.64 bits per heavy atom. The minimum atomic E-state index is -0.289. The number of ether oxygens (including phenoxy) is 1. The first kappa shape index (κ1) is 24.5. The summed E-state index contributed by atoms with van der Waals surface area (Å²) in [5, 5.41) is 0.971. The average molecular weight is 491 g/mol. The van der Waals surface area contributed by atoms with Crippen LogP contribution in [0.15, 0.2) is 42.6 Å². The molecule has 0 saturated carbocycles. The quantitative estimate of drug-likeness (QED) is 0.505. The summed E-state index contributed by atoms with van der Waals surface area (Å²) < 4.78 is 19.6. The van der Waals surface area contributed by atoms with E-state index in [4.69, 9.17) is 4.74 Å². The van der Waals surface area contributed by atoms with Crippen molar-refractivity contribution in [2.75, 3.05) is 40.8 Å². The number of likely N-dealkylation sites (N-methyl/N-ethyl adjacent to an activating group) is 1. The molecule has 1 atom stereocenters. The van der Waals surface area contributed by atoms with Gasteiger partial charge in [0.2, 0.25) is 5.91 Å². The number of hydrogen-bond acceptors (Lipinski definition) is 4. The number of methoxy groups -OCH3 is 1. The topological polar surface area (TPSA) is 61.5 Å². The molecular weight excluding hydrogens is 455 g/mol. The highest BCUT2D eigenvalue weighted by Crippen LogP contribution is 2.40. The molecule has 2 aromatic heterocycles. The Labute approximate surface area is 212 Å². The Bertz CT molecular complexity index is 1270. The Hall–Kier alpha value is -3.19. The van der Waals surface area contributed by atoms with Gasteiger partial charge in [0.25, 0.3) is 0 Å². The SMILES string of the molecule is COc1ccc(F)cc1-c1ccnc2[nH]c(C3=CCC(C4CCN(CC(=O)N(C)C)CC4)CC3)cc12. The van der Waals surface area contributed by atoms with Gasteiger partial charge in [0, 0.05) is 36.9 Å². The molecule has 2 aliphatic rings. The van der Waals surface area contributed by atoms with Crippen LogP contribution in [0.1, 0.15) is 37.8 Å². The molecular formula is C29H35FN4O2. The van der Waals surface area contributed by atoms with E-state index in [1.165, 1.54) is 37.0 Å². The number of aromatic amines is 1. The molecule has 1 N–H and O–H groups in total. The molecule has 1 saturated heterocycles. The summed E-state index contributed by atoms with van der Waals surface area (Å²) in [6, 6.07) is 8.67. The number of amides is 1. The number of carbonyl (C=O) groups excluding carboxylic acids is 1. The van der Waals surface area contributed by atoms with Gasteiger partial charge in [-0.1, -0.05) is 6.08 Å². The average Bonchev–Trinajstić information content (AvgIpc) is 3.34. The molecule has 1 aliphatic heterocycles. The number of likely N-dealkylation sites (tertiary alicyclic amines) is 1. The highest BCUT2D eigenvalue weighted by molar-refractivity contribution is 5.96. The first-order valence-electron chi connectivity index (χ1n) is 12.9. The van der Waals surface area contributed by atoms with Crippen LogP contribution in [-0.2, 0) is 4.79 Å². The minimum absolute atomic E-state index is 0.186. The lowest BCUT2D eigenvalue weighted by Crippen LogP contribution is -2.42. The first-order chi connectivity index (χ1) is 17.4. The zero-order valence-corrected chi connectivity index (χ0v) is 21.4. The van der Waals surface area contributed by atoms with Crippen molar-refractivity contribution in [2.45, 2.75) is 32.1 Å². The fourth-order valence-corrected chi connectivity index (χ4v) is 5.77. The number of pyridine rings is 1. The van der Waals surface area contributed by atoms with Crippen LogP contribution in [0.3, 0.4) is 0 Å². The number of nitrogens with zero attached hydrogens (tertiary/aromatic N) is 3. The number of allylic oxidation sites excluding steroid dienone is 2. The molecule has 3 heterocycles. The van der Waals surface area contributed by atoms with Crippen LogP contribution in [0.25, 0.3) is 27.7 Å². The molecule has 3 aromatic rings. The van der Waals surface area contributed by atoms with E-state index in [9.17, 15) is 9.18 Å². The standard InChI is InChI=1S/C29H35FN4O2/c1-33(2)28(35)18-34-14-11-20(12-15-34)19-4-6-21(7-5-19)26-17-25-23(10-13-31-29(25)32-26)24-16-22(30)8-9-27(24)36-3/h6,8-10,13,16-17,19-20H,4-5,7,11-12,14-15,18H2,1-3H3,(H,31,32). The number of carbonyl (C=O) groups is 1.